The predicted octanol–water partition coefficient (Wildman–Crippen LogP) is 2.84. The van der Waals surface area contributed by atoms with Crippen LogP contribution in [-0.2, 0) is 0 Å². The average Bonchev–Trinajstić information content (AvgIpc) is 3.23. The van der Waals surface area contributed by atoms with Gasteiger partial charge in [-0.05, 0) is 36.8 Å². The van der Waals surface area contributed by atoms with Crippen molar-refractivity contribution in [3.05, 3.63) is 57.9 Å². The minimum absolute atomic E-state index is 0.160. The summed E-state index contributed by atoms with van der Waals surface area (Å²) >= 11 is 0. The maximum absolute atomic E-state index is 11.2. The molecule has 3 aromatic rings. The minimum Gasteiger partial charge on any atom is -0.493 e. The smallest absolute Gasteiger partial charge is 0.311 e. The second-order valence-electron chi connectivity index (χ2n) is 6.01. The maximum Gasteiger partial charge on any atom is 0.311 e. The number of rotatable bonds is 8. The fourth-order valence-corrected chi connectivity index (χ4v) is 2.83. The summed E-state index contributed by atoms with van der Waals surface area (Å²) in [6.07, 6.45) is 0. The van der Waals surface area contributed by atoms with Gasteiger partial charge in [-0.25, -0.2) is 4.98 Å². The fourth-order valence-electron chi connectivity index (χ4n) is 2.83. The largest absolute Gasteiger partial charge is 0.493 e. The molecule has 0 bridgehead atoms. The molecular formula is C19H21N5O5. The Hall–Kier alpha value is -3.66. The second-order valence-corrected chi connectivity index (χ2v) is 6.01. The van der Waals surface area contributed by atoms with Gasteiger partial charge < -0.3 is 19.9 Å². The van der Waals surface area contributed by atoms with E-state index in [1.54, 1.807) is 25.3 Å². The highest BCUT2D eigenvalue weighted by atomic mass is 16.6. The van der Waals surface area contributed by atoms with Gasteiger partial charge in [-0.2, -0.15) is 5.10 Å². The third-order valence-electron chi connectivity index (χ3n) is 4.28. The summed E-state index contributed by atoms with van der Waals surface area (Å²) in [5.41, 5.74) is 7.38. The van der Waals surface area contributed by atoms with Crippen LogP contribution in [0.4, 0.5) is 5.69 Å². The molecule has 1 heterocycles. The zero-order valence-electron chi connectivity index (χ0n) is 16.2. The number of nitrogens with two attached hydrogens (primary N) is 1. The van der Waals surface area contributed by atoms with Gasteiger partial charge in [0.1, 0.15) is 5.82 Å². The Kier molecular flexibility index (Phi) is 5.93. The summed E-state index contributed by atoms with van der Waals surface area (Å²) in [6, 6.07) is 9.27. The van der Waals surface area contributed by atoms with E-state index in [0.717, 1.165) is 5.56 Å². The minimum atomic E-state index is -0.602. The Bertz CT molecular complexity index is 1020. The van der Waals surface area contributed by atoms with Crippen LogP contribution >= 0.6 is 0 Å². The monoisotopic (exact) mass is 399 g/mol. The molecule has 1 aromatic heterocycles. The normalized spacial score (nSPS) is 11.7. The number of nitro groups is 1. The van der Waals surface area contributed by atoms with Gasteiger partial charge in [0.15, 0.2) is 23.1 Å². The summed E-state index contributed by atoms with van der Waals surface area (Å²) < 4.78 is 15.9. The number of aromatic nitrogens is 3. The zero-order valence-corrected chi connectivity index (χ0v) is 16.2. The van der Waals surface area contributed by atoms with Crippen LogP contribution in [0.3, 0.4) is 0 Å². The second kappa shape index (κ2) is 8.57. The Balaban J connectivity index is 1.91. The summed E-state index contributed by atoms with van der Waals surface area (Å²) in [5, 5.41) is 18.2. The lowest BCUT2D eigenvalue weighted by Gasteiger charge is -2.14. The van der Waals surface area contributed by atoms with Crippen molar-refractivity contribution in [1.82, 2.24) is 15.2 Å². The number of nitro benzene ring substituents is 1. The molecule has 0 saturated heterocycles. The Morgan fingerprint density at radius 2 is 1.86 bits per heavy atom. The van der Waals surface area contributed by atoms with Crippen molar-refractivity contribution < 1.29 is 19.1 Å². The molecule has 0 saturated carbocycles. The van der Waals surface area contributed by atoms with Crippen LogP contribution in [0.25, 0.3) is 11.4 Å². The number of methoxy groups -OCH3 is 2. The van der Waals surface area contributed by atoms with Gasteiger partial charge in [0, 0.05) is 11.6 Å². The molecule has 0 radical (unpaired) electrons. The highest BCUT2D eigenvalue weighted by Gasteiger charge is 2.20. The standard InChI is InChI=1S/C19H21N5O5/c1-4-29-16-10-11(5-8-15(16)28-3)17(20)19-21-18(22-23-19)12-6-7-14(27-2)13(9-12)24(25)26/h5-10,17H,4,20H2,1-3H3,(H,21,22,23)/t17-/m1/s1. The van der Waals surface area contributed by atoms with Gasteiger partial charge >= 0.3 is 5.69 Å². The molecule has 29 heavy (non-hydrogen) atoms. The van der Waals surface area contributed by atoms with Gasteiger partial charge in [-0.3, -0.25) is 15.2 Å². The number of H-pyrrole nitrogens is 1. The molecule has 10 nitrogen and oxygen atoms in total. The van der Waals surface area contributed by atoms with Crippen molar-refractivity contribution >= 4 is 5.69 Å². The van der Waals surface area contributed by atoms with Crippen LogP contribution in [0, 0.1) is 10.1 Å². The molecule has 2 aromatic carbocycles. The number of benzene rings is 2. The first-order valence-corrected chi connectivity index (χ1v) is 8.79. The van der Waals surface area contributed by atoms with Crippen LogP contribution in [0.5, 0.6) is 17.2 Å². The van der Waals surface area contributed by atoms with Crippen LogP contribution in [0.15, 0.2) is 36.4 Å². The third kappa shape index (κ3) is 4.11. The number of hydrogen-bond donors (Lipinski definition) is 2. The number of aromatic amines is 1. The zero-order chi connectivity index (χ0) is 21.0. The van der Waals surface area contributed by atoms with Crippen molar-refractivity contribution in [2.75, 3.05) is 20.8 Å². The first kappa shape index (κ1) is 20.1. The molecule has 10 heteroatoms. The average molecular weight is 399 g/mol. The molecule has 0 aliphatic heterocycles. The number of ether oxygens (including phenoxy) is 3. The molecule has 0 aliphatic carbocycles. The summed E-state index contributed by atoms with van der Waals surface area (Å²) in [7, 11) is 2.94. The lowest BCUT2D eigenvalue weighted by atomic mass is 10.1. The van der Waals surface area contributed by atoms with E-state index < -0.39 is 11.0 Å². The van der Waals surface area contributed by atoms with Gasteiger partial charge in [0.25, 0.3) is 0 Å². The molecule has 0 aliphatic rings. The van der Waals surface area contributed by atoms with Gasteiger partial charge in [0.05, 0.1) is 31.8 Å². The van der Waals surface area contributed by atoms with Crippen molar-refractivity contribution in [1.29, 1.82) is 0 Å². The van der Waals surface area contributed by atoms with E-state index in [1.807, 2.05) is 13.0 Å². The van der Waals surface area contributed by atoms with E-state index in [1.165, 1.54) is 19.2 Å². The lowest BCUT2D eigenvalue weighted by molar-refractivity contribution is -0.385. The first-order valence-electron chi connectivity index (χ1n) is 8.79. The van der Waals surface area contributed by atoms with Crippen molar-refractivity contribution in [3.63, 3.8) is 0 Å². The van der Waals surface area contributed by atoms with E-state index in [2.05, 4.69) is 15.2 Å². The molecule has 3 rings (SSSR count). The van der Waals surface area contributed by atoms with Gasteiger partial charge in [0.2, 0.25) is 0 Å². The molecule has 0 amide bonds. The van der Waals surface area contributed by atoms with Crippen LogP contribution in [-0.4, -0.2) is 40.9 Å². The summed E-state index contributed by atoms with van der Waals surface area (Å²) in [5.74, 6) is 2.04. The van der Waals surface area contributed by atoms with Crippen molar-refractivity contribution in [2.24, 2.45) is 5.73 Å². The van der Waals surface area contributed by atoms with E-state index in [0.29, 0.717) is 35.3 Å². The third-order valence-corrected chi connectivity index (χ3v) is 4.28. The van der Waals surface area contributed by atoms with Crippen LogP contribution in [0.1, 0.15) is 24.4 Å². The SMILES string of the molecule is CCOc1cc([C@@H](N)c2nc(-c3ccc(OC)c([N+](=O)[O-])c3)n[nH]2)ccc1OC. The van der Waals surface area contributed by atoms with Gasteiger partial charge in [-0.15, -0.1) is 0 Å². The van der Waals surface area contributed by atoms with E-state index >= 15 is 0 Å². The quantitative estimate of drug-likeness (QED) is 0.435. The lowest BCUT2D eigenvalue weighted by Crippen LogP contribution is -2.14. The van der Waals surface area contributed by atoms with Crippen molar-refractivity contribution in [3.8, 4) is 28.6 Å². The van der Waals surface area contributed by atoms with Crippen molar-refractivity contribution in [2.45, 2.75) is 13.0 Å². The maximum atomic E-state index is 11.2. The first-order chi connectivity index (χ1) is 14.0. The van der Waals surface area contributed by atoms with Crippen LogP contribution < -0.4 is 19.9 Å². The van der Waals surface area contributed by atoms with E-state index in [-0.39, 0.29) is 11.4 Å². The summed E-state index contributed by atoms with van der Waals surface area (Å²) in [4.78, 5) is 15.1. The van der Waals surface area contributed by atoms with E-state index in [4.69, 9.17) is 19.9 Å². The highest BCUT2D eigenvalue weighted by Crippen LogP contribution is 2.33. The predicted molar refractivity (Wildman–Crippen MR) is 105 cm³/mol. The van der Waals surface area contributed by atoms with E-state index in [9.17, 15) is 10.1 Å². The molecule has 1 atom stereocenters. The fraction of sp³-hybridized carbons (Fsp3) is 0.263. The molecule has 3 N–H and O–H groups in total. The highest BCUT2D eigenvalue weighted by molar-refractivity contribution is 5.63. The molecular weight excluding hydrogens is 378 g/mol. The molecule has 0 spiro atoms. The Morgan fingerprint density at radius 1 is 1.14 bits per heavy atom. The van der Waals surface area contributed by atoms with Crippen LogP contribution in [0.2, 0.25) is 0 Å². The topological polar surface area (TPSA) is 138 Å². The number of nitrogens with one attached hydrogen (secondary N) is 1. The molecule has 152 valence electrons. The Morgan fingerprint density at radius 3 is 2.52 bits per heavy atom. The molecule has 0 fully saturated rings. The Labute approximate surface area is 166 Å². The summed E-state index contributed by atoms with van der Waals surface area (Å²) in [6.45, 7) is 2.36. The number of nitrogens with zero attached hydrogens (tertiary/aromatic N) is 3. The van der Waals surface area contributed by atoms with Gasteiger partial charge in [-0.1, -0.05) is 6.07 Å². The molecule has 0 unspecified atom stereocenters. The number of hydrogen-bond acceptors (Lipinski definition) is 8.